The summed E-state index contributed by atoms with van der Waals surface area (Å²) in [7, 11) is 4.66. The van der Waals surface area contributed by atoms with Gasteiger partial charge >= 0.3 is 6.18 Å². The number of thioether (sulfide) groups is 1. The smallest absolute Gasteiger partial charge is 0.433 e. The fraction of sp³-hybridized carbons (Fsp3) is 0.333. The summed E-state index contributed by atoms with van der Waals surface area (Å²) in [5.74, 6) is 0.270. The topological polar surface area (TPSA) is 91.2 Å². The van der Waals surface area contributed by atoms with Crippen molar-refractivity contribution in [3.05, 3.63) is 47.4 Å². The second kappa shape index (κ2) is 10.1. The first-order chi connectivity index (χ1) is 15.6. The lowest BCUT2D eigenvalue weighted by atomic mass is 10.1. The molecule has 3 aromatic rings. The number of nitrogens with one attached hydrogen (secondary N) is 1. The molecule has 12 heteroatoms. The predicted octanol–water partition coefficient (Wildman–Crippen LogP) is 3.63. The maximum absolute atomic E-state index is 13.4. The number of ether oxygens (including phenoxy) is 2. The molecule has 0 aliphatic carbocycles. The van der Waals surface area contributed by atoms with Crippen molar-refractivity contribution in [2.45, 2.75) is 24.8 Å². The number of carbonyl (C=O) groups is 1. The first-order valence-corrected chi connectivity index (χ1v) is 10.7. The van der Waals surface area contributed by atoms with E-state index in [4.69, 9.17) is 9.47 Å². The molecular weight excluding hydrogens is 459 g/mol. The van der Waals surface area contributed by atoms with Crippen LogP contribution in [-0.4, -0.2) is 45.6 Å². The summed E-state index contributed by atoms with van der Waals surface area (Å²) in [5, 5.41) is 6.75. The van der Waals surface area contributed by atoms with Crippen molar-refractivity contribution < 1.29 is 27.4 Å². The summed E-state index contributed by atoms with van der Waals surface area (Å²) < 4.78 is 52.4. The number of amides is 1. The van der Waals surface area contributed by atoms with Gasteiger partial charge in [0.15, 0.2) is 16.7 Å². The molecule has 0 bridgehead atoms. The van der Waals surface area contributed by atoms with E-state index in [9.17, 15) is 18.0 Å². The number of rotatable bonds is 8. The van der Waals surface area contributed by atoms with Gasteiger partial charge in [-0.2, -0.15) is 18.3 Å². The summed E-state index contributed by atoms with van der Waals surface area (Å²) in [4.78, 5) is 20.0. The third-order valence-corrected chi connectivity index (χ3v) is 5.45. The molecule has 2 heterocycles. The van der Waals surface area contributed by atoms with Crippen LogP contribution in [-0.2, 0) is 24.6 Å². The Bertz CT molecular complexity index is 1150. The molecule has 0 spiro atoms. The quantitative estimate of drug-likeness (QED) is 0.388. The molecule has 176 valence electrons. The number of nitrogens with zero attached hydrogens (tertiary/aromatic N) is 4. The van der Waals surface area contributed by atoms with Crippen molar-refractivity contribution in [1.29, 1.82) is 0 Å². The second-order valence-electron chi connectivity index (χ2n) is 6.97. The van der Waals surface area contributed by atoms with Crippen LogP contribution in [0.4, 0.5) is 13.2 Å². The molecule has 1 amide bonds. The van der Waals surface area contributed by atoms with E-state index in [1.807, 2.05) is 6.92 Å². The number of methoxy groups -OCH3 is 2. The lowest BCUT2D eigenvalue weighted by Gasteiger charge is -2.12. The molecule has 2 aromatic heterocycles. The van der Waals surface area contributed by atoms with Gasteiger partial charge in [-0.15, -0.1) is 0 Å². The summed E-state index contributed by atoms with van der Waals surface area (Å²) in [5.41, 5.74) is 0.968. The third-order valence-electron chi connectivity index (χ3n) is 4.60. The maximum atomic E-state index is 13.4. The molecule has 0 unspecified atom stereocenters. The van der Waals surface area contributed by atoms with Gasteiger partial charge in [0.1, 0.15) is 5.69 Å². The summed E-state index contributed by atoms with van der Waals surface area (Å²) in [6, 6.07) is 5.53. The zero-order valence-electron chi connectivity index (χ0n) is 18.4. The first-order valence-electron chi connectivity index (χ1n) is 9.68. The van der Waals surface area contributed by atoms with E-state index in [0.29, 0.717) is 17.1 Å². The van der Waals surface area contributed by atoms with Gasteiger partial charge in [-0.25, -0.2) is 9.97 Å². The Labute approximate surface area is 192 Å². The van der Waals surface area contributed by atoms with Crippen LogP contribution in [0.2, 0.25) is 0 Å². The van der Waals surface area contributed by atoms with Crippen molar-refractivity contribution in [3.8, 4) is 22.8 Å². The molecule has 0 fully saturated rings. The van der Waals surface area contributed by atoms with Crippen molar-refractivity contribution >= 4 is 17.7 Å². The molecule has 3 rings (SSSR count). The fourth-order valence-corrected chi connectivity index (χ4v) is 3.66. The average Bonchev–Trinajstić information content (AvgIpc) is 3.11. The van der Waals surface area contributed by atoms with E-state index in [-0.39, 0.29) is 29.1 Å². The zero-order chi connectivity index (χ0) is 24.2. The average molecular weight is 482 g/mol. The number of benzene rings is 1. The minimum absolute atomic E-state index is 0.0483. The second-order valence-corrected chi connectivity index (χ2v) is 7.91. The molecule has 1 aromatic carbocycles. The highest BCUT2D eigenvalue weighted by Gasteiger charge is 2.34. The van der Waals surface area contributed by atoms with Crippen LogP contribution in [0.25, 0.3) is 11.3 Å². The van der Waals surface area contributed by atoms with E-state index >= 15 is 0 Å². The van der Waals surface area contributed by atoms with Crippen molar-refractivity contribution in [3.63, 3.8) is 0 Å². The normalized spacial score (nSPS) is 11.4. The molecule has 0 aliphatic rings. The van der Waals surface area contributed by atoms with Crippen LogP contribution in [0, 0.1) is 6.92 Å². The van der Waals surface area contributed by atoms with Crippen LogP contribution < -0.4 is 14.8 Å². The molecule has 0 aliphatic heterocycles. The monoisotopic (exact) mass is 481 g/mol. The zero-order valence-corrected chi connectivity index (χ0v) is 19.2. The van der Waals surface area contributed by atoms with Crippen molar-refractivity contribution in [2.75, 3.05) is 20.0 Å². The van der Waals surface area contributed by atoms with Gasteiger partial charge in [-0.05, 0) is 31.2 Å². The van der Waals surface area contributed by atoms with Gasteiger partial charge in [0, 0.05) is 30.9 Å². The molecule has 1 N–H and O–H groups in total. The van der Waals surface area contributed by atoms with Gasteiger partial charge in [0.2, 0.25) is 5.91 Å². The van der Waals surface area contributed by atoms with Gasteiger partial charge in [0.05, 0.1) is 31.4 Å². The predicted molar refractivity (Wildman–Crippen MR) is 116 cm³/mol. The highest BCUT2D eigenvalue weighted by atomic mass is 32.2. The number of carbonyl (C=O) groups excluding carboxylic acids is 1. The lowest BCUT2D eigenvalue weighted by molar-refractivity contribution is -0.141. The molecule has 0 radical (unpaired) electrons. The minimum Gasteiger partial charge on any atom is -0.493 e. The number of hydrogen-bond acceptors (Lipinski definition) is 7. The Morgan fingerprint density at radius 1 is 1.15 bits per heavy atom. The van der Waals surface area contributed by atoms with Gasteiger partial charge < -0.3 is 14.8 Å². The highest BCUT2D eigenvalue weighted by Crippen LogP contribution is 2.35. The van der Waals surface area contributed by atoms with Crippen LogP contribution >= 0.6 is 11.8 Å². The highest BCUT2D eigenvalue weighted by molar-refractivity contribution is 7.99. The van der Waals surface area contributed by atoms with Crippen LogP contribution in [0.1, 0.15) is 17.0 Å². The standard InChI is InChI=1S/C21H22F3N5O3S/c1-12-14(10-29(2)28-12)9-25-19(30)11-33-20-26-15(8-18(27-20)21(22,23)24)13-5-6-16(31-3)17(7-13)32-4/h5-8,10H,9,11H2,1-4H3,(H,25,30). The van der Waals surface area contributed by atoms with Gasteiger partial charge in [0.25, 0.3) is 0 Å². The van der Waals surface area contributed by atoms with Gasteiger partial charge in [-0.1, -0.05) is 11.8 Å². The van der Waals surface area contributed by atoms with E-state index < -0.39 is 11.9 Å². The lowest BCUT2D eigenvalue weighted by Crippen LogP contribution is -2.25. The first kappa shape index (κ1) is 24.4. The number of halogens is 3. The van der Waals surface area contributed by atoms with Crippen molar-refractivity contribution in [1.82, 2.24) is 25.1 Å². The number of aromatic nitrogens is 4. The van der Waals surface area contributed by atoms with E-state index in [2.05, 4.69) is 20.4 Å². The SMILES string of the molecule is COc1ccc(-c2cc(C(F)(F)F)nc(SCC(=O)NCc3cn(C)nc3C)n2)cc1OC. The Balaban J connectivity index is 1.79. The number of alkyl halides is 3. The molecule has 0 saturated heterocycles. The van der Waals surface area contributed by atoms with Crippen LogP contribution in [0.3, 0.4) is 0 Å². The largest absolute Gasteiger partial charge is 0.493 e. The Morgan fingerprint density at radius 2 is 1.88 bits per heavy atom. The summed E-state index contributed by atoms with van der Waals surface area (Å²) >= 11 is 0.819. The summed E-state index contributed by atoms with van der Waals surface area (Å²) in [6.45, 7) is 2.09. The third kappa shape index (κ3) is 6.15. The molecule has 8 nitrogen and oxygen atoms in total. The number of aryl methyl sites for hydroxylation is 2. The van der Waals surface area contributed by atoms with Crippen molar-refractivity contribution in [2.24, 2.45) is 7.05 Å². The van der Waals surface area contributed by atoms with E-state index in [0.717, 1.165) is 29.1 Å². The molecule has 0 atom stereocenters. The summed E-state index contributed by atoms with van der Waals surface area (Å²) in [6.07, 6.45) is -2.89. The molecule has 0 saturated carbocycles. The minimum atomic E-state index is -4.68. The Morgan fingerprint density at radius 3 is 2.48 bits per heavy atom. The Hall–Kier alpha value is -3.28. The molecule has 33 heavy (non-hydrogen) atoms. The maximum Gasteiger partial charge on any atom is 0.433 e. The Kier molecular flexibility index (Phi) is 7.46. The van der Waals surface area contributed by atoms with E-state index in [1.54, 1.807) is 30.1 Å². The fourth-order valence-electron chi connectivity index (χ4n) is 2.98. The van der Waals surface area contributed by atoms with Crippen LogP contribution in [0.5, 0.6) is 11.5 Å². The van der Waals surface area contributed by atoms with E-state index in [1.165, 1.54) is 20.3 Å². The van der Waals surface area contributed by atoms with Crippen LogP contribution in [0.15, 0.2) is 35.6 Å². The number of hydrogen-bond donors (Lipinski definition) is 1. The molecular formula is C21H22F3N5O3S. The van der Waals surface area contributed by atoms with Gasteiger partial charge in [-0.3, -0.25) is 9.48 Å².